The average molecular weight is 985 g/mol. The Bertz CT molecular complexity index is 4810. The zero-order valence-electron chi connectivity index (χ0n) is 42.7. The van der Waals surface area contributed by atoms with Gasteiger partial charge in [0.1, 0.15) is 0 Å². The van der Waals surface area contributed by atoms with Crippen LogP contribution in [0.4, 0.5) is 0 Å². The number of benzene rings is 16. The Balaban J connectivity index is 0.910. The summed E-state index contributed by atoms with van der Waals surface area (Å²) in [6, 6.07) is 109. The Morgan fingerprint density at radius 1 is 0.128 bits per heavy atom. The molecule has 16 aromatic carbocycles. The molecule has 0 aliphatic carbocycles. The van der Waals surface area contributed by atoms with Crippen molar-refractivity contribution in [2.75, 3.05) is 0 Å². The molecule has 0 saturated carbocycles. The Morgan fingerprint density at radius 2 is 0.372 bits per heavy atom. The molecule has 0 nitrogen and oxygen atoms in total. The quantitative estimate of drug-likeness (QED) is 0.146. The van der Waals surface area contributed by atoms with Crippen molar-refractivity contribution in [1.29, 1.82) is 0 Å². The van der Waals surface area contributed by atoms with Crippen LogP contribution < -0.4 is 0 Å². The molecule has 0 aliphatic rings. The first kappa shape index (κ1) is 44.2. The molecule has 0 unspecified atom stereocenters. The standard InChI is InChI=1S/C78H48/c1-5-25-59-50(17-1)21-13-33-63(59)75-67-29-9-11-31-69(67)77(65-35-15-23-52-19-3-7-27-61(52)65)73-47-56(41-43-71(73)75)54-39-37-49-38-40-55(46-58(49)45-54)57-42-44-72-74(48-57)78(66-36-16-24-53-20-4-8-28-62(53)66)70-32-12-10-30-68(70)76(72)64-34-14-22-51-18-2-6-26-60(51)64/h1-48H. The maximum absolute atomic E-state index is 2.47. The van der Waals surface area contributed by atoms with Crippen molar-refractivity contribution in [2.45, 2.75) is 0 Å². The van der Waals surface area contributed by atoms with E-state index in [0.29, 0.717) is 0 Å². The van der Waals surface area contributed by atoms with Crippen molar-refractivity contribution < 1.29 is 0 Å². The minimum absolute atomic E-state index is 1.19. The van der Waals surface area contributed by atoms with Crippen molar-refractivity contribution >= 4 is 97.0 Å². The van der Waals surface area contributed by atoms with Crippen molar-refractivity contribution in [2.24, 2.45) is 0 Å². The first-order valence-corrected chi connectivity index (χ1v) is 27.1. The van der Waals surface area contributed by atoms with Gasteiger partial charge in [0.15, 0.2) is 0 Å². The van der Waals surface area contributed by atoms with Crippen molar-refractivity contribution in [1.82, 2.24) is 0 Å². The molecule has 0 N–H and O–H groups in total. The van der Waals surface area contributed by atoms with Gasteiger partial charge < -0.3 is 0 Å². The monoisotopic (exact) mass is 984 g/mol. The topological polar surface area (TPSA) is 0 Å². The van der Waals surface area contributed by atoms with E-state index in [1.54, 1.807) is 0 Å². The summed E-state index contributed by atoms with van der Waals surface area (Å²) >= 11 is 0. The molecule has 0 spiro atoms. The molecule has 0 heterocycles. The summed E-state index contributed by atoms with van der Waals surface area (Å²) in [7, 11) is 0. The minimum atomic E-state index is 1.19. The zero-order valence-corrected chi connectivity index (χ0v) is 42.7. The number of rotatable bonds is 6. The van der Waals surface area contributed by atoms with Crippen LogP contribution in [0.2, 0.25) is 0 Å². The maximum atomic E-state index is 2.47. The van der Waals surface area contributed by atoms with E-state index >= 15 is 0 Å². The highest BCUT2D eigenvalue weighted by atomic mass is 14.3. The van der Waals surface area contributed by atoms with Crippen LogP contribution in [0.3, 0.4) is 0 Å². The SMILES string of the molecule is c1ccc2c(-c3c4ccccc4c(-c4cccc5ccccc45)c4cc(-c5ccc6ccc(-c7ccc8c(-c9cccc%10ccccc9%10)c9ccccc9c(-c9cccc%10ccccc9%10)c8c7)cc6c5)ccc34)cccc2c1. The van der Waals surface area contributed by atoms with Crippen LogP contribution >= 0.6 is 0 Å². The first-order valence-electron chi connectivity index (χ1n) is 27.1. The fourth-order valence-corrected chi connectivity index (χ4v) is 13.3. The number of hydrogen-bond donors (Lipinski definition) is 0. The zero-order chi connectivity index (χ0) is 51.3. The van der Waals surface area contributed by atoms with Crippen molar-refractivity contribution in [3.05, 3.63) is 291 Å². The first-order chi connectivity index (χ1) is 38.7. The average Bonchev–Trinajstić information content (AvgIpc) is 3.58. The third kappa shape index (κ3) is 6.94. The normalized spacial score (nSPS) is 11.8. The lowest BCUT2D eigenvalue weighted by atomic mass is 9.82. The molecule has 0 fully saturated rings. The predicted molar refractivity (Wildman–Crippen MR) is 337 cm³/mol. The fourth-order valence-electron chi connectivity index (χ4n) is 13.3. The van der Waals surface area contributed by atoms with Gasteiger partial charge in [0.2, 0.25) is 0 Å². The van der Waals surface area contributed by atoms with Crippen LogP contribution in [0.1, 0.15) is 0 Å². The van der Waals surface area contributed by atoms with E-state index in [1.807, 2.05) is 0 Å². The van der Waals surface area contributed by atoms with E-state index in [1.165, 1.54) is 164 Å². The van der Waals surface area contributed by atoms with Crippen molar-refractivity contribution in [3.8, 4) is 66.8 Å². The van der Waals surface area contributed by atoms with Gasteiger partial charge in [0.05, 0.1) is 0 Å². The molecule has 360 valence electrons. The van der Waals surface area contributed by atoms with Gasteiger partial charge in [-0.05, 0) is 188 Å². The van der Waals surface area contributed by atoms with E-state index in [4.69, 9.17) is 0 Å². The molecular weight excluding hydrogens is 937 g/mol. The Labute approximate surface area is 452 Å². The van der Waals surface area contributed by atoms with Gasteiger partial charge in [-0.15, -0.1) is 0 Å². The summed E-state index contributed by atoms with van der Waals surface area (Å²) in [6.45, 7) is 0. The van der Waals surface area contributed by atoms with E-state index in [0.717, 1.165) is 0 Å². The third-order valence-corrected chi connectivity index (χ3v) is 16.8. The molecule has 0 amide bonds. The van der Waals surface area contributed by atoms with E-state index in [2.05, 4.69) is 291 Å². The number of fused-ring (bicyclic) bond motifs is 9. The molecule has 16 rings (SSSR count). The highest BCUT2D eigenvalue weighted by Gasteiger charge is 2.22. The summed E-state index contributed by atoms with van der Waals surface area (Å²) in [4.78, 5) is 0. The second-order valence-electron chi connectivity index (χ2n) is 21.0. The molecule has 0 radical (unpaired) electrons. The summed E-state index contributed by atoms with van der Waals surface area (Å²) in [6.07, 6.45) is 0. The second kappa shape index (κ2) is 17.7. The van der Waals surface area contributed by atoms with Crippen molar-refractivity contribution in [3.63, 3.8) is 0 Å². The predicted octanol–water partition coefficient (Wildman–Crippen LogP) is 22.1. The molecule has 0 aliphatic heterocycles. The summed E-state index contributed by atoms with van der Waals surface area (Å²) in [5, 5.41) is 22.4. The van der Waals surface area contributed by atoms with Gasteiger partial charge in [-0.2, -0.15) is 0 Å². The largest absolute Gasteiger partial charge is 0.0616 e. The lowest BCUT2D eigenvalue weighted by molar-refractivity contribution is 1.65. The lowest BCUT2D eigenvalue weighted by Gasteiger charge is -2.21. The van der Waals surface area contributed by atoms with Gasteiger partial charge >= 0.3 is 0 Å². The lowest BCUT2D eigenvalue weighted by Crippen LogP contribution is -1.93. The van der Waals surface area contributed by atoms with E-state index in [9.17, 15) is 0 Å². The number of hydrogen-bond acceptors (Lipinski definition) is 0. The van der Waals surface area contributed by atoms with Crippen LogP contribution in [-0.2, 0) is 0 Å². The fraction of sp³-hybridized carbons (Fsp3) is 0. The molecule has 78 heavy (non-hydrogen) atoms. The maximum Gasteiger partial charge on any atom is -0.00199 e. The molecule has 16 aromatic rings. The summed E-state index contributed by atoms with van der Waals surface area (Å²) in [5.74, 6) is 0. The van der Waals surface area contributed by atoms with Gasteiger partial charge in [-0.1, -0.05) is 267 Å². The highest BCUT2D eigenvalue weighted by Crippen LogP contribution is 2.50. The smallest absolute Gasteiger partial charge is 0.00199 e. The molecule has 0 heteroatoms. The summed E-state index contributed by atoms with van der Waals surface area (Å²) < 4.78 is 0. The highest BCUT2D eigenvalue weighted by molar-refractivity contribution is 6.27. The molecule has 0 bridgehead atoms. The van der Waals surface area contributed by atoms with Gasteiger partial charge in [0, 0.05) is 0 Å². The van der Waals surface area contributed by atoms with E-state index < -0.39 is 0 Å². The second-order valence-corrected chi connectivity index (χ2v) is 21.0. The Morgan fingerprint density at radius 3 is 0.705 bits per heavy atom. The van der Waals surface area contributed by atoms with Gasteiger partial charge in [-0.3, -0.25) is 0 Å². The van der Waals surface area contributed by atoms with Crippen LogP contribution in [0.5, 0.6) is 0 Å². The van der Waals surface area contributed by atoms with Crippen LogP contribution in [0.15, 0.2) is 291 Å². The van der Waals surface area contributed by atoms with Crippen LogP contribution in [0, 0.1) is 0 Å². The molecule has 0 aromatic heterocycles. The van der Waals surface area contributed by atoms with Gasteiger partial charge in [-0.25, -0.2) is 0 Å². The minimum Gasteiger partial charge on any atom is -0.0616 e. The third-order valence-electron chi connectivity index (χ3n) is 16.8. The molecular formula is C78H48. The Hall–Kier alpha value is -10.1. The summed E-state index contributed by atoms with van der Waals surface area (Å²) in [5.41, 5.74) is 14.8. The molecule has 0 atom stereocenters. The van der Waals surface area contributed by atoms with Crippen LogP contribution in [-0.4, -0.2) is 0 Å². The van der Waals surface area contributed by atoms with E-state index in [-0.39, 0.29) is 0 Å². The Kier molecular flexibility index (Phi) is 10.0. The molecule has 0 saturated heterocycles. The van der Waals surface area contributed by atoms with Crippen LogP contribution in [0.25, 0.3) is 164 Å². The van der Waals surface area contributed by atoms with Gasteiger partial charge in [0.25, 0.3) is 0 Å².